The van der Waals surface area contributed by atoms with Crippen molar-refractivity contribution < 1.29 is 0 Å². The average molecular weight is 266 g/mol. The van der Waals surface area contributed by atoms with Crippen molar-refractivity contribution >= 4 is 11.3 Å². The highest BCUT2D eigenvalue weighted by Gasteiger charge is 2.20. The van der Waals surface area contributed by atoms with Gasteiger partial charge in [-0.3, -0.25) is 0 Å². The summed E-state index contributed by atoms with van der Waals surface area (Å²) in [4.78, 5) is 3.87. The van der Waals surface area contributed by atoms with Gasteiger partial charge in [0.25, 0.3) is 0 Å². The molecular formula is C15H26N2S. The van der Waals surface area contributed by atoms with Gasteiger partial charge >= 0.3 is 0 Å². The van der Waals surface area contributed by atoms with Crippen LogP contribution in [-0.2, 0) is 6.54 Å². The van der Waals surface area contributed by atoms with Crippen LogP contribution in [-0.4, -0.2) is 31.1 Å². The van der Waals surface area contributed by atoms with Gasteiger partial charge in [-0.15, -0.1) is 11.3 Å². The summed E-state index contributed by atoms with van der Waals surface area (Å²) in [5.74, 6) is 0.862. The first-order valence-corrected chi connectivity index (χ1v) is 8.08. The highest BCUT2D eigenvalue weighted by Crippen LogP contribution is 2.23. The van der Waals surface area contributed by atoms with Crippen molar-refractivity contribution in [1.29, 1.82) is 0 Å². The molecule has 0 aliphatic heterocycles. The first-order chi connectivity index (χ1) is 8.75. The van der Waals surface area contributed by atoms with Crippen molar-refractivity contribution in [1.82, 2.24) is 10.2 Å². The second-order valence-corrected chi connectivity index (χ2v) is 6.67. The zero-order valence-electron chi connectivity index (χ0n) is 11.7. The van der Waals surface area contributed by atoms with Crippen LogP contribution in [0.15, 0.2) is 17.5 Å². The van der Waals surface area contributed by atoms with E-state index in [0.717, 1.165) is 31.6 Å². The zero-order valence-corrected chi connectivity index (χ0v) is 12.5. The van der Waals surface area contributed by atoms with E-state index in [2.05, 4.69) is 41.7 Å². The van der Waals surface area contributed by atoms with Gasteiger partial charge < -0.3 is 10.2 Å². The first-order valence-electron chi connectivity index (χ1n) is 7.20. The predicted octanol–water partition coefficient (Wildman–Crippen LogP) is 3.35. The van der Waals surface area contributed by atoms with Gasteiger partial charge in [0.15, 0.2) is 0 Å². The third kappa shape index (κ3) is 4.38. The molecule has 2 nitrogen and oxygen atoms in total. The fourth-order valence-corrected chi connectivity index (χ4v) is 3.59. The second kappa shape index (κ2) is 7.27. The van der Waals surface area contributed by atoms with Gasteiger partial charge in [0, 0.05) is 30.6 Å². The van der Waals surface area contributed by atoms with Crippen LogP contribution in [0.2, 0.25) is 0 Å². The van der Waals surface area contributed by atoms with E-state index in [1.54, 1.807) is 0 Å². The number of hydrogen-bond acceptors (Lipinski definition) is 3. The molecule has 1 heterocycles. The number of hydrogen-bond donors (Lipinski definition) is 1. The van der Waals surface area contributed by atoms with Crippen LogP contribution in [0.5, 0.6) is 0 Å². The minimum atomic E-state index is 0.758. The van der Waals surface area contributed by atoms with Crippen molar-refractivity contribution in [3.05, 3.63) is 22.4 Å². The molecule has 2 rings (SSSR count). The molecule has 2 unspecified atom stereocenters. The molecule has 1 N–H and O–H groups in total. The Morgan fingerprint density at radius 2 is 2.22 bits per heavy atom. The lowest BCUT2D eigenvalue weighted by atomic mass is 9.86. The highest BCUT2D eigenvalue weighted by molar-refractivity contribution is 7.09. The summed E-state index contributed by atoms with van der Waals surface area (Å²) in [5.41, 5.74) is 0. The molecule has 1 saturated carbocycles. The van der Waals surface area contributed by atoms with Gasteiger partial charge in [0.1, 0.15) is 0 Å². The molecule has 1 aromatic heterocycles. The molecule has 3 heteroatoms. The van der Waals surface area contributed by atoms with E-state index >= 15 is 0 Å². The maximum Gasteiger partial charge on any atom is 0.0325 e. The smallest absolute Gasteiger partial charge is 0.0325 e. The van der Waals surface area contributed by atoms with E-state index in [4.69, 9.17) is 0 Å². The Morgan fingerprint density at radius 1 is 1.39 bits per heavy atom. The van der Waals surface area contributed by atoms with Gasteiger partial charge in [-0.2, -0.15) is 0 Å². The highest BCUT2D eigenvalue weighted by atomic mass is 32.1. The molecule has 0 aromatic carbocycles. The number of nitrogens with zero attached hydrogens (tertiary/aromatic N) is 1. The molecule has 1 fully saturated rings. The van der Waals surface area contributed by atoms with Crippen LogP contribution in [0.3, 0.4) is 0 Å². The quantitative estimate of drug-likeness (QED) is 0.849. The van der Waals surface area contributed by atoms with Crippen molar-refractivity contribution in [2.24, 2.45) is 5.92 Å². The van der Waals surface area contributed by atoms with E-state index in [1.165, 1.54) is 30.6 Å². The van der Waals surface area contributed by atoms with Gasteiger partial charge in [0.05, 0.1) is 0 Å². The van der Waals surface area contributed by atoms with Crippen LogP contribution >= 0.6 is 11.3 Å². The molecule has 1 aliphatic carbocycles. The molecule has 0 bridgehead atoms. The Hall–Kier alpha value is -0.380. The van der Waals surface area contributed by atoms with Crippen LogP contribution in [0, 0.1) is 5.92 Å². The average Bonchev–Trinajstić information content (AvgIpc) is 2.84. The minimum Gasteiger partial charge on any atom is -0.312 e. The maximum absolute atomic E-state index is 3.74. The Labute approximate surface area is 115 Å². The summed E-state index contributed by atoms with van der Waals surface area (Å²) in [6.45, 7) is 5.74. The van der Waals surface area contributed by atoms with Crippen LogP contribution < -0.4 is 5.32 Å². The van der Waals surface area contributed by atoms with E-state index < -0.39 is 0 Å². The Balaban J connectivity index is 1.62. The Kier molecular flexibility index (Phi) is 5.67. The molecule has 0 spiro atoms. The Morgan fingerprint density at radius 3 is 2.94 bits per heavy atom. The second-order valence-electron chi connectivity index (χ2n) is 5.64. The van der Waals surface area contributed by atoms with E-state index in [-0.39, 0.29) is 0 Å². The summed E-state index contributed by atoms with van der Waals surface area (Å²) in [6, 6.07) is 5.11. The number of rotatable bonds is 6. The standard InChI is InChI=1S/C15H26N2S/c1-13-6-3-4-8-15(13)16-9-10-17(2)12-14-7-5-11-18-14/h5,7,11,13,15-16H,3-4,6,8-10,12H2,1-2H3. The Bertz CT molecular complexity index is 323. The molecule has 0 saturated heterocycles. The van der Waals surface area contributed by atoms with Crippen LogP contribution in [0.4, 0.5) is 0 Å². The number of nitrogens with one attached hydrogen (secondary N) is 1. The summed E-state index contributed by atoms with van der Waals surface area (Å²) in [6.07, 6.45) is 5.61. The summed E-state index contributed by atoms with van der Waals surface area (Å²) in [7, 11) is 2.21. The zero-order chi connectivity index (χ0) is 12.8. The van der Waals surface area contributed by atoms with Crippen molar-refractivity contribution in [3.63, 3.8) is 0 Å². The largest absolute Gasteiger partial charge is 0.312 e. The summed E-state index contributed by atoms with van der Waals surface area (Å²) >= 11 is 1.85. The monoisotopic (exact) mass is 266 g/mol. The third-order valence-corrected chi connectivity index (χ3v) is 4.88. The molecule has 0 amide bonds. The van der Waals surface area contributed by atoms with Crippen LogP contribution in [0.25, 0.3) is 0 Å². The first kappa shape index (κ1) is 14.0. The molecule has 102 valence electrons. The lowest BCUT2D eigenvalue weighted by molar-refractivity contribution is 0.259. The molecule has 1 aromatic rings. The van der Waals surface area contributed by atoms with Gasteiger partial charge in [-0.25, -0.2) is 0 Å². The van der Waals surface area contributed by atoms with Gasteiger partial charge in [0.2, 0.25) is 0 Å². The topological polar surface area (TPSA) is 15.3 Å². The number of likely N-dealkylation sites (N-methyl/N-ethyl adjacent to an activating group) is 1. The minimum absolute atomic E-state index is 0.758. The summed E-state index contributed by atoms with van der Waals surface area (Å²) < 4.78 is 0. The van der Waals surface area contributed by atoms with E-state index in [1.807, 2.05) is 11.3 Å². The molecule has 0 radical (unpaired) electrons. The van der Waals surface area contributed by atoms with Crippen molar-refractivity contribution in [3.8, 4) is 0 Å². The van der Waals surface area contributed by atoms with Gasteiger partial charge in [-0.1, -0.05) is 25.8 Å². The fourth-order valence-electron chi connectivity index (χ4n) is 2.81. The summed E-state index contributed by atoms with van der Waals surface area (Å²) in [5, 5.41) is 5.90. The molecule has 18 heavy (non-hydrogen) atoms. The molecule has 2 atom stereocenters. The fraction of sp³-hybridized carbons (Fsp3) is 0.733. The maximum atomic E-state index is 3.74. The number of thiophene rings is 1. The lowest BCUT2D eigenvalue weighted by Gasteiger charge is -2.30. The predicted molar refractivity (Wildman–Crippen MR) is 80.1 cm³/mol. The molecule has 1 aliphatic rings. The van der Waals surface area contributed by atoms with Crippen molar-refractivity contribution in [2.75, 3.05) is 20.1 Å². The van der Waals surface area contributed by atoms with Crippen LogP contribution in [0.1, 0.15) is 37.5 Å². The third-order valence-electron chi connectivity index (χ3n) is 4.02. The van der Waals surface area contributed by atoms with Crippen molar-refractivity contribution in [2.45, 2.75) is 45.2 Å². The van der Waals surface area contributed by atoms with Gasteiger partial charge in [-0.05, 0) is 37.3 Å². The van der Waals surface area contributed by atoms with E-state index in [9.17, 15) is 0 Å². The lowest BCUT2D eigenvalue weighted by Crippen LogP contribution is -2.40. The SMILES string of the molecule is CC1CCCCC1NCCN(C)Cc1cccs1. The normalized spacial score (nSPS) is 24.6. The molecular weight excluding hydrogens is 240 g/mol. The van der Waals surface area contributed by atoms with E-state index in [0.29, 0.717) is 0 Å².